The lowest BCUT2D eigenvalue weighted by molar-refractivity contribution is -0.255. The number of aromatic carboxylic acids is 1. The second-order valence-corrected chi connectivity index (χ2v) is 7.54. The van der Waals surface area contributed by atoms with E-state index in [4.69, 9.17) is 18.6 Å². The van der Waals surface area contributed by atoms with Gasteiger partial charge in [-0.25, -0.2) is 4.99 Å². The zero-order valence-corrected chi connectivity index (χ0v) is 19.9. The van der Waals surface area contributed by atoms with Gasteiger partial charge in [-0.1, -0.05) is 24.3 Å². The minimum Gasteiger partial charge on any atom is -0.545 e. The van der Waals surface area contributed by atoms with Gasteiger partial charge in [0.05, 0.1) is 38.2 Å². The number of rotatable bonds is 8. The van der Waals surface area contributed by atoms with Gasteiger partial charge in [0.1, 0.15) is 17.1 Å². The highest BCUT2D eigenvalue weighted by Crippen LogP contribution is 2.30. The van der Waals surface area contributed by atoms with Crippen LogP contribution in [-0.2, 0) is 0 Å². The first-order valence-electron chi connectivity index (χ1n) is 11.0. The first-order chi connectivity index (χ1) is 17.4. The Labute approximate surface area is 206 Å². The van der Waals surface area contributed by atoms with Crippen LogP contribution in [0.2, 0.25) is 0 Å². The van der Waals surface area contributed by atoms with Crippen molar-refractivity contribution in [1.29, 1.82) is 0 Å². The summed E-state index contributed by atoms with van der Waals surface area (Å²) in [6.07, 6.45) is 0. The highest BCUT2D eigenvalue weighted by atomic mass is 16.5. The minimum absolute atomic E-state index is 0.00567. The van der Waals surface area contributed by atoms with Crippen molar-refractivity contribution >= 4 is 34.2 Å². The maximum absolute atomic E-state index is 13.4. The lowest BCUT2D eigenvalue weighted by atomic mass is 10.1. The summed E-state index contributed by atoms with van der Waals surface area (Å²) in [7, 11) is 3.02. The summed E-state index contributed by atoms with van der Waals surface area (Å²) >= 11 is 0. The van der Waals surface area contributed by atoms with E-state index in [0.717, 1.165) is 0 Å². The van der Waals surface area contributed by atoms with Crippen molar-refractivity contribution in [3.05, 3.63) is 83.4 Å². The highest BCUT2D eigenvalue weighted by molar-refractivity contribution is 6.06. The topological polar surface area (TPSA) is 122 Å². The van der Waals surface area contributed by atoms with E-state index in [9.17, 15) is 14.7 Å². The van der Waals surface area contributed by atoms with Crippen molar-refractivity contribution in [2.75, 3.05) is 26.1 Å². The number of anilines is 1. The van der Waals surface area contributed by atoms with Crippen LogP contribution in [0.4, 0.5) is 11.4 Å². The number of fused-ring (bicyclic) bond motifs is 1. The van der Waals surface area contributed by atoms with Gasteiger partial charge in [-0.3, -0.25) is 4.79 Å². The molecule has 9 nitrogen and oxygen atoms in total. The number of carboxylic acid groups (broad SMARTS) is 1. The van der Waals surface area contributed by atoms with Gasteiger partial charge in [-0.15, -0.1) is 0 Å². The summed E-state index contributed by atoms with van der Waals surface area (Å²) in [5, 5.41) is 14.5. The van der Waals surface area contributed by atoms with E-state index >= 15 is 0 Å². The first kappa shape index (κ1) is 24.3. The van der Waals surface area contributed by atoms with Crippen molar-refractivity contribution in [2.45, 2.75) is 6.92 Å². The highest BCUT2D eigenvalue weighted by Gasteiger charge is 2.17. The Morgan fingerprint density at radius 1 is 0.972 bits per heavy atom. The molecular formula is C27H23N2O7-. The monoisotopic (exact) mass is 487 g/mol. The van der Waals surface area contributed by atoms with Gasteiger partial charge in [-0.05, 0) is 48.9 Å². The van der Waals surface area contributed by atoms with E-state index in [1.54, 1.807) is 42.5 Å². The number of carbonyl (C=O) groups is 2. The molecule has 3 aromatic carbocycles. The summed E-state index contributed by atoms with van der Waals surface area (Å²) in [5.41, 5.74) is 1.35. The third kappa shape index (κ3) is 5.15. The molecule has 0 saturated carbocycles. The lowest BCUT2D eigenvalue weighted by Gasteiger charge is -2.13. The van der Waals surface area contributed by atoms with Crippen LogP contribution in [0.1, 0.15) is 27.6 Å². The van der Waals surface area contributed by atoms with E-state index in [2.05, 4.69) is 10.3 Å². The Morgan fingerprint density at radius 3 is 2.42 bits per heavy atom. The molecular weight excluding hydrogens is 464 g/mol. The number of para-hydroxylation sites is 1. The summed E-state index contributed by atoms with van der Waals surface area (Å²) in [6, 6.07) is 17.7. The number of carboxylic acids is 1. The Hall–Kier alpha value is -4.79. The molecule has 0 unspecified atom stereocenters. The number of nitrogens with one attached hydrogen (secondary N) is 1. The van der Waals surface area contributed by atoms with Crippen LogP contribution in [0.3, 0.4) is 0 Å². The summed E-state index contributed by atoms with van der Waals surface area (Å²) in [4.78, 5) is 29.0. The van der Waals surface area contributed by atoms with Crippen LogP contribution in [0.25, 0.3) is 11.0 Å². The van der Waals surface area contributed by atoms with Crippen LogP contribution < -0.4 is 30.2 Å². The number of carbonyl (C=O) groups excluding carboxylic acids is 2. The van der Waals surface area contributed by atoms with Gasteiger partial charge in [-0.2, -0.15) is 0 Å². The molecule has 4 rings (SSSR count). The zero-order chi connectivity index (χ0) is 25.7. The Morgan fingerprint density at radius 2 is 1.75 bits per heavy atom. The molecule has 0 radical (unpaired) electrons. The van der Waals surface area contributed by atoms with Crippen LogP contribution in [0, 0.1) is 0 Å². The molecule has 9 heteroatoms. The molecule has 1 aromatic heterocycles. The molecule has 0 aliphatic carbocycles. The third-order valence-corrected chi connectivity index (χ3v) is 5.27. The number of hydrogen-bond donors (Lipinski definition) is 1. The fraction of sp³-hybridized carbons (Fsp3) is 0.148. The summed E-state index contributed by atoms with van der Waals surface area (Å²) in [6.45, 7) is 2.27. The Balaban J connectivity index is 1.86. The summed E-state index contributed by atoms with van der Waals surface area (Å²) in [5.74, 6) is -0.324. The minimum atomic E-state index is -1.30. The molecule has 36 heavy (non-hydrogen) atoms. The maximum Gasteiger partial charge on any atom is 0.261 e. The molecule has 0 bridgehead atoms. The molecule has 4 aromatic rings. The van der Waals surface area contributed by atoms with Crippen molar-refractivity contribution in [3.8, 4) is 17.2 Å². The SMILES string of the molecule is CCOc1cccc2cc(C(=O)Nc3cc(OC)ccc3OC)c(=Nc3ccc(C(=O)[O-])cc3)oc12. The number of methoxy groups -OCH3 is 2. The molecule has 1 heterocycles. The number of hydrogen-bond acceptors (Lipinski definition) is 8. The van der Waals surface area contributed by atoms with Crippen molar-refractivity contribution in [3.63, 3.8) is 0 Å². The predicted octanol–water partition coefficient (Wildman–Crippen LogP) is 3.70. The van der Waals surface area contributed by atoms with Gasteiger partial charge >= 0.3 is 0 Å². The molecule has 0 spiro atoms. The maximum atomic E-state index is 13.4. The van der Waals surface area contributed by atoms with Gasteiger partial charge in [0, 0.05) is 11.5 Å². The van der Waals surface area contributed by atoms with E-state index in [1.807, 2.05) is 6.92 Å². The fourth-order valence-corrected chi connectivity index (χ4v) is 3.53. The van der Waals surface area contributed by atoms with Gasteiger partial charge < -0.3 is 33.8 Å². The quantitative estimate of drug-likeness (QED) is 0.402. The molecule has 0 saturated heterocycles. The molecule has 0 aliphatic rings. The van der Waals surface area contributed by atoms with Gasteiger partial charge in [0.15, 0.2) is 11.3 Å². The van der Waals surface area contributed by atoms with E-state index in [-0.39, 0.29) is 16.7 Å². The average molecular weight is 487 g/mol. The standard InChI is InChI=1S/C27H24N2O7/c1-4-35-23-7-5-6-17-14-20(25(30)29-21-15-19(33-2)12-13-22(21)34-3)26(36-24(17)23)28-18-10-8-16(9-11-18)27(31)32/h5-15H,4H2,1-3H3,(H,29,30)(H,31,32)/p-1. The van der Waals surface area contributed by atoms with Crippen LogP contribution in [0.5, 0.6) is 17.2 Å². The predicted molar refractivity (Wildman–Crippen MR) is 131 cm³/mol. The van der Waals surface area contributed by atoms with Crippen molar-refractivity contribution in [1.82, 2.24) is 0 Å². The van der Waals surface area contributed by atoms with Gasteiger partial charge in [0.25, 0.3) is 5.91 Å². The summed E-state index contributed by atoms with van der Waals surface area (Å²) < 4.78 is 22.4. The Bertz CT molecular complexity index is 1490. The molecule has 0 aliphatic heterocycles. The van der Waals surface area contributed by atoms with Crippen LogP contribution in [0.15, 0.2) is 76.1 Å². The smallest absolute Gasteiger partial charge is 0.261 e. The average Bonchev–Trinajstić information content (AvgIpc) is 2.89. The largest absolute Gasteiger partial charge is 0.545 e. The number of amides is 1. The van der Waals surface area contributed by atoms with Crippen LogP contribution in [-0.4, -0.2) is 32.7 Å². The van der Waals surface area contributed by atoms with Crippen molar-refractivity contribution < 1.29 is 33.3 Å². The van der Waals surface area contributed by atoms with E-state index < -0.39 is 11.9 Å². The van der Waals surface area contributed by atoms with E-state index in [0.29, 0.717) is 46.2 Å². The van der Waals surface area contributed by atoms with Gasteiger partial charge in [0.2, 0.25) is 5.55 Å². The first-order valence-corrected chi connectivity index (χ1v) is 11.0. The number of ether oxygens (including phenoxy) is 3. The molecule has 1 N–H and O–H groups in total. The number of benzene rings is 3. The normalized spacial score (nSPS) is 11.2. The Kier molecular flexibility index (Phi) is 7.20. The second-order valence-electron chi connectivity index (χ2n) is 7.54. The van der Waals surface area contributed by atoms with Crippen molar-refractivity contribution in [2.24, 2.45) is 4.99 Å². The molecule has 0 fully saturated rings. The molecule has 184 valence electrons. The number of nitrogens with zero attached hydrogens (tertiary/aromatic N) is 1. The molecule has 0 atom stereocenters. The second kappa shape index (κ2) is 10.6. The van der Waals surface area contributed by atoms with Crippen LogP contribution >= 0.6 is 0 Å². The molecule has 1 amide bonds. The lowest BCUT2D eigenvalue weighted by Crippen LogP contribution is -2.22. The third-order valence-electron chi connectivity index (χ3n) is 5.27. The van der Waals surface area contributed by atoms with E-state index in [1.165, 1.54) is 38.5 Å². The fourth-order valence-electron chi connectivity index (χ4n) is 3.53. The zero-order valence-electron chi connectivity index (χ0n) is 19.9.